The lowest BCUT2D eigenvalue weighted by Crippen LogP contribution is -1.93. The largest absolute Gasteiger partial charge is 0.492 e. The summed E-state index contributed by atoms with van der Waals surface area (Å²) in [5, 5.41) is 20.0. The third-order valence-corrected chi connectivity index (χ3v) is 1.98. The normalized spacial score (nSPS) is 10.2. The molecule has 1 heterocycles. The number of rotatable bonds is 2. The van der Waals surface area contributed by atoms with Crippen LogP contribution in [-0.4, -0.2) is 15.0 Å². The third-order valence-electron chi connectivity index (χ3n) is 1.98. The van der Waals surface area contributed by atoms with E-state index in [1.54, 1.807) is 0 Å². The Morgan fingerprint density at radius 1 is 1.38 bits per heavy atom. The average molecular weight is 222 g/mol. The molecule has 0 saturated carbocycles. The first-order valence-electron chi connectivity index (χ1n) is 4.25. The lowest BCUT2D eigenvalue weighted by molar-refractivity contribution is -0.384. The van der Waals surface area contributed by atoms with Crippen LogP contribution in [0, 0.1) is 10.1 Å². The molecule has 0 spiro atoms. The first kappa shape index (κ1) is 9.97. The standard InChI is InChI=1S/C9H6N2O5/c12-8-7(16-9(13)10-8)5-3-1-2-4-6(5)11(14)15/h1-4,12H,(H,10,13). The van der Waals surface area contributed by atoms with Crippen molar-refractivity contribution in [3.05, 3.63) is 44.9 Å². The molecule has 82 valence electrons. The molecule has 0 aliphatic rings. The lowest BCUT2D eigenvalue weighted by Gasteiger charge is -1.98. The number of hydrogen-bond acceptors (Lipinski definition) is 5. The number of aromatic amines is 1. The van der Waals surface area contributed by atoms with Gasteiger partial charge in [-0.3, -0.25) is 15.1 Å². The van der Waals surface area contributed by atoms with Crippen molar-refractivity contribution in [2.24, 2.45) is 0 Å². The van der Waals surface area contributed by atoms with Crippen LogP contribution >= 0.6 is 0 Å². The van der Waals surface area contributed by atoms with Crippen molar-refractivity contribution in [3.63, 3.8) is 0 Å². The summed E-state index contributed by atoms with van der Waals surface area (Å²) in [7, 11) is 0. The molecular weight excluding hydrogens is 216 g/mol. The van der Waals surface area contributed by atoms with Gasteiger partial charge >= 0.3 is 5.76 Å². The molecule has 1 aromatic carbocycles. The minimum Gasteiger partial charge on any atom is -0.492 e. The number of hydrogen-bond donors (Lipinski definition) is 2. The number of nitro groups is 1. The van der Waals surface area contributed by atoms with Gasteiger partial charge in [0.1, 0.15) is 5.56 Å². The molecule has 0 atom stereocenters. The van der Waals surface area contributed by atoms with E-state index in [-0.39, 0.29) is 17.0 Å². The molecule has 0 bridgehead atoms. The number of para-hydroxylation sites is 1. The zero-order chi connectivity index (χ0) is 11.7. The van der Waals surface area contributed by atoms with E-state index in [1.165, 1.54) is 24.3 Å². The summed E-state index contributed by atoms with van der Waals surface area (Å²) >= 11 is 0. The van der Waals surface area contributed by atoms with Gasteiger partial charge in [0, 0.05) is 6.07 Å². The zero-order valence-corrected chi connectivity index (χ0v) is 7.84. The second-order valence-corrected chi connectivity index (χ2v) is 2.97. The van der Waals surface area contributed by atoms with Gasteiger partial charge < -0.3 is 9.52 Å². The highest BCUT2D eigenvalue weighted by Crippen LogP contribution is 2.33. The highest BCUT2D eigenvalue weighted by atomic mass is 16.6. The van der Waals surface area contributed by atoms with Crippen molar-refractivity contribution < 1.29 is 14.4 Å². The van der Waals surface area contributed by atoms with Gasteiger partial charge in [0.05, 0.1) is 4.92 Å². The van der Waals surface area contributed by atoms with Crippen LogP contribution in [0.2, 0.25) is 0 Å². The Kier molecular flexibility index (Phi) is 2.20. The molecule has 0 saturated heterocycles. The van der Waals surface area contributed by atoms with Crippen molar-refractivity contribution in [1.29, 1.82) is 0 Å². The molecule has 0 amide bonds. The molecule has 2 aromatic rings. The van der Waals surface area contributed by atoms with E-state index in [2.05, 4.69) is 4.42 Å². The molecule has 0 aliphatic carbocycles. The number of nitrogens with zero attached hydrogens (tertiary/aromatic N) is 1. The van der Waals surface area contributed by atoms with Crippen molar-refractivity contribution in [1.82, 2.24) is 4.98 Å². The van der Waals surface area contributed by atoms with E-state index in [9.17, 15) is 20.0 Å². The topological polar surface area (TPSA) is 109 Å². The van der Waals surface area contributed by atoms with E-state index in [0.29, 0.717) is 0 Å². The highest BCUT2D eigenvalue weighted by Gasteiger charge is 2.21. The average Bonchev–Trinajstić information content (AvgIpc) is 2.57. The lowest BCUT2D eigenvalue weighted by atomic mass is 10.1. The summed E-state index contributed by atoms with van der Waals surface area (Å²) in [6, 6.07) is 5.64. The fraction of sp³-hybridized carbons (Fsp3) is 0. The summed E-state index contributed by atoms with van der Waals surface area (Å²) < 4.78 is 4.63. The molecule has 7 heteroatoms. The minimum absolute atomic E-state index is 0.0448. The van der Waals surface area contributed by atoms with E-state index in [0.717, 1.165) is 0 Å². The van der Waals surface area contributed by atoms with Gasteiger partial charge in [-0.25, -0.2) is 4.79 Å². The SMILES string of the molecule is O=c1[nH]c(O)c(-c2ccccc2[N+](=O)[O-])o1. The smallest absolute Gasteiger partial charge is 0.419 e. The molecule has 0 radical (unpaired) electrons. The van der Waals surface area contributed by atoms with Crippen molar-refractivity contribution >= 4 is 5.69 Å². The predicted octanol–water partition coefficient (Wildman–Crippen LogP) is 1.25. The molecule has 2 rings (SSSR count). The van der Waals surface area contributed by atoms with Crippen LogP contribution in [0.25, 0.3) is 11.3 Å². The summed E-state index contributed by atoms with van der Waals surface area (Å²) in [5.74, 6) is -1.64. The fourth-order valence-corrected chi connectivity index (χ4v) is 1.33. The van der Waals surface area contributed by atoms with Crippen molar-refractivity contribution in [2.75, 3.05) is 0 Å². The number of nitro benzene ring substituents is 1. The van der Waals surface area contributed by atoms with Crippen LogP contribution in [0.15, 0.2) is 33.5 Å². The fourth-order valence-electron chi connectivity index (χ4n) is 1.33. The zero-order valence-electron chi connectivity index (χ0n) is 7.84. The van der Waals surface area contributed by atoms with E-state index in [1.807, 2.05) is 4.98 Å². The van der Waals surface area contributed by atoms with Crippen LogP contribution in [0.4, 0.5) is 5.69 Å². The summed E-state index contributed by atoms with van der Waals surface area (Å²) in [6.45, 7) is 0. The Hall–Kier alpha value is -2.57. The Morgan fingerprint density at radius 3 is 2.62 bits per heavy atom. The molecule has 2 N–H and O–H groups in total. The predicted molar refractivity (Wildman–Crippen MR) is 53.1 cm³/mol. The van der Waals surface area contributed by atoms with Crippen LogP contribution in [0.1, 0.15) is 0 Å². The van der Waals surface area contributed by atoms with Crippen molar-refractivity contribution in [2.45, 2.75) is 0 Å². The van der Waals surface area contributed by atoms with Gasteiger partial charge in [0.25, 0.3) is 5.69 Å². The Balaban J connectivity index is 2.69. The number of benzene rings is 1. The Labute approximate surface area is 88.1 Å². The summed E-state index contributed by atoms with van der Waals surface area (Å²) in [4.78, 5) is 22.9. The van der Waals surface area contributed by atoms with E-state index >= 15 is 0 Å². The quantitative estimate of drug-likeness (QED) is 0.586. The maximum atomic E-state index is 10.8. The Bertz CT molecular complexity index is 598. The molecule has 0 fully saturated rings. The highest BCUT2D eigenvalue weighted by molar-refractivity contribution is 5.72. The van der Waals surface area contributed by atoms with Gasteiger partial charge in [-0.05, 0) is 6.07 Å². The summed E-state index contributed by atoms with van der Waals surface area (Å²) in [6.07, 6.45) is 0. The second kappa shape index (κ2) is 3.54. The molecular formula is C9H6N2O5. The van der Waals surface area contributed by atoms with Crippen LogP contribution in [0.5, 0.6) is 5.88 Å². The number of oxazole rings is 1. The van der Waals surface area contributed by atoms with E-state index < -0.39 is 16.6 Å². The molecule has 0 unspecified atom stereocenters. The first-order chi connectivity index (χ1) is 7.59. The monoisotopic (exact) mass is 222 g/mol. The van der Waals surface area contributed by atoms with Crippen LogP contribution in [0.3, 0.4) is 0 Å². The number of aromatic nitrogens is 1. The van der Waals surface area contributed by atoms with Gasteiger partial charge in [-0.15, -0.1) is 0 Å². The van der Waals surface area contributed by atoms with Gasteiger partial charge in [-0.2, -0.15) is 0 Å². The number of H-pyrrole nitrogens is 1. The first-order valence-corrected chi connectivity index (χ1v) is 4.25. The Morgan fingerprint density at radius 2 is 2.06 bits per heavy atom. The number of nitrogens with one attached hydrogen (secondary N) is 1. The van der Waals surface area contributed by atoms with Gasteiger partial charge in [0.2, 0.25) is 11.6 Å². The second-order valence-electron chi connectivity index (χ2n) is 2.97. The van der Waals surface area contributed by atoms with Crippen LogP contribution in [-0.2, 0) is 0 Å². The van der Waals surface area contributed by atoms with Gasteiger partial charge in [-0.1, -0.05) is 12.1 Å². The van der Waals surface area contributed by atoms with Crippen molar-refractivity contribution in [3.8, 4) is 17.2 Å². The minimum atomic E-state index is -0.870. The molecule has 0 aliphatic heterocycles. The number of aromatic hydroxyl groups is 1. The third kappa shape index (κ3) is 1.54. The molecule has 7 nitrogen and oxygen atoms in total. The molecule has 1 aromatic heterocycles. The maximum Gasteiger partial charge on any atom is 0.419 e. The van der Waals surface area contributed by atoms with E-state index in [4.69, 9.17) is 0 Å². The van der Waals surface area contributed by atoms with Gasteiger partial charge in [0.15, 0.2) is 0 Å². The van der Waals surface area contributed by atoms with Crippen LogP contribution < -0.4 is 5.76 Å². The maximum absolute atomic E-state index is 10.8. The molecule has 16 heavy (non-hydrogen) atoms. The summed E-state index contributed by atoms with van der Waals surface area (Å²) in [5.41, 5.74) is -0.205.